The summed E-state index contributed by atoms with van der Waals surface area (Å²) in [6, 6.07) is 21.9. The number of hydrogen-bond donors (Lipinski definition) is 3. The minimum absolute atomic E-state index is 0.369. The fourth-order valence-corrected chi connectivity index (χ4v) is 3.55. The van der Waals surface area contributed by atoms with Gasteiger partial charge in [0.1, 0.15) is 5.75 Å². The number of aromatic nitrogens is 2. The van der Waals surface area contributed by atoms with Crippen molar-refractivity contribution in [2.75, 3.05) is 18.2 Å². The largest absolute Gasteiger partial charge is 0.497 e. The van der Waals surface area contributed by atoms with E-state index in [1.807, 2.05) is 42.5 Å². The minimum Gasteiger partial charge on any atom is -0.497 e. The fraction of sp³-hybridized carbons (Fsp3) is 0.0345. The number of nitrogens with two attached hydrogens (primary N) is 2. The third-order valence-electron chi connectivity index (χ3n) is 5.45. The van der Waals surface area contributed by atoms with Gasteiger partial charge in [0.25, 0.3) is 0 Å². The van der Waals surface area contributed by atoms with Crippen molar-refractivity contribution in [1.82, 2.24) is 9.97 Å². The Morgan fingerprint density at radius 3 is 2.27 bits per heavy atom. The summed E-state index contributed by atoms with van der Waals surface area (Å²) in [4.78, 5) is 32.9. The van der Waals surface area contributed by atoms with E-state index in [0.717, 1.165) is 16.7 Å². The number of methoxy groups -OCH3 is 1. The lowest BCUT2D eigenvalue weighted by Gasteiger charge is -2.10. The molecule has 0 unspecified atom stereocenters. The van der Waals surface area contributed by atoms with Crippen molar-refractivity contribution in [3.8, 4) is 5.75 Å². The molecule has 0 bridgehead atoms. The summed E-state index contributed by atoms with van der Waals surface area (Å²) in [5.41, 5.74) is 16.4. The van der Waals surface area contributed by atoms with Crippen LogP contribution in [0.25, 0.3) is 17.7 Å². The molecule has 0 aliphatic heterocycles. The number of nitrogens with one attached hydrogen (secondary N) is 1. The number of anilines is 2. The molecule has 0 saturated heterocycles. The van der Waals surface area contributed by atoms with E-state index in [4.69, 9.17) is 16.2 Å². The van der Waals surface area contributed by atoms with E-state index in [-0.39, 0.29) is 5.91 Å². The Labute approximate surface area is 214 Å². The molecule has 0 saturated carbocycles. The first-order valence-electron chi connectivity index (χ1n) is 11.3. The predicted molar refractivity (Wildman–Crippen MR) is 145 cm³/mol. The summed E-state index contributed by atoms with van der Waals surface area (Å²) >= 11 is 0. The van der Waals surface area contributed by atoms with Crippen molar-refractivity contribution >= 4 is 40.9 Å². The number of nitrogen functional groups attached to an aromatic ring is 1. The van der Waals surface area contributed by atoms with Crippen LogP contribution in [-0.2, 0) is 4.79 Å². The predicted octanol–water partition coefficient (Wildman–Crippen LogP) is 4.41. The third-order valence-corrected chi connectivity index (χ3v) is 5.45. The average Bonchev–Trinajstić information content (AvgIpc) is 2.93. The number of carbonyl (C=O) groups is 2. The van der Waals surface area contributed by atoms with Crippen molar-refractivity contribution in [2.24, 2.45) is 5.73 Å². The number of ether oxygens (including phenoxy) is 1. The van der Waals surface area contributed by atoms with Crippen LogP contribution in [0.5, 0.6) is 5.75 Å². The zero-order valence-electron chi connectivity index (χ0n) is 20.1. The fourth-order valence-electron chi connectivity index (χ4n) is 3.55. The molecular weight excluding hydrogens is 466 g/mol. The number of nitrogens with zero attached hydrogens (tertiary/aromatic N) is 2. The molecule has 1 heterocycles. The quantitative estimate of drug-likeness (QED) is 0.247. The highest BCUT2D eigenvalue weighted by atomic mass is 16.5. The van der Waals surface area contributed by atoms with E-state index in [0.29, 0.717) is 34.1 Å². The first-order valence-corrected chi connectivity index (χ1v) is 11.3. The van der Waals surface area contributed by atoms with Crippen LogP contribution in [0.4, 0.5) is 11.4 Å². The zero-order chi connectivity index (χ0) is 26.2. The number of hydrogen-bond acceptors (Lipinski definition) is 6. The maximum absolute atomic E-state index is 12.4. The van der Waals surface area contributed by atoms with Gasteiger partial charge in [0.2, 0.25) is 11.8 Å². The summed E-state index contributed by atoms with van der Waals surface area (Å²) in [6.07, 6.45) is 7.97. The first kappa shape index (κ1) is 24.9. The van der Waals surface area contributed by atoms with Gasteiger partial charge < -0.3 is 21.5 Å². The standard InChI is InChI=1S/C29H25N5O3/c1-37-24-11-12-26(30)27(16-24)34-28(35)13-10-22-17-33-23(18-32-22)15-25(19-6-3-2-4-7-19)20-8-5-9-21(14-20)29(31)36/h2-18H,30H2,1H3,(H2,31,36)(H,34,35)/b13-10+,25-15+. The lowest BCUT2D eigenvalue weighted by molar-refractivity contribution is -0.111. The normalized spacial score (nSPS) is 11.3. The second-order valence-corrected chi connectivity index (χ2v) is 8.01. The zero-order valence-corrected chi connectivity index (χ0v) is 20.1. The molecule has 0 aliphatic carbocycles. The molecule has 8 nitrogen and oxygen atoms in total. The van der Waals surface area contributed by atoms with Crippen molar-refractivity contribution in [2.45, 2.75) is 0 Å². The van der Waals surface area contributed by atoms with Gasteiger partial charge in [0.05, 0.1) is 42.3 Å². The molecule has 0 spiro atoms. The van der Waals surface area contributed by atoms with Crippen LogP contribution in [0.2, 0.25) is 0 Å². The van der Waals surface area contributed by atoms with E-state index in [1.165, 1.54) is 13.2 Å². The van der Waals surface area contributed by atoms with Crippen LogP contribution in [-0.4, -0.2) is 28.9 Å². The highest BCUT2D eigenvalue weighted by Gasteiger charge is 2.09. The summed E-state index contributed by atoms with van der Waals surface area (Å²) < 4.78 is 5.16. The second-order valence-electron chi connectivity index (χ2n) is 8.01. The molecule has 37 heavy (non-hydrogen) atoms. The molecule has 0 atom stereocenters. The van der Waals surface area contributed by atoms with Crippen molar-refractivity contribution in [1.29, 1.82) is 0 Å². The number of primary amides is 1. The third kappa shape index (κ3) is 6.46. The van der Waals surface area contributed by atoms with Crippen LogP contribution < -0.4 is 21.5 Å². The van der Waals surface area contributed by atoms with E-state index in [1.54, 1.807) is 54.9 Å². The highest BCUT2D eigenvalue weighted by molar-refractivity contribution is 6.03. The van der Waals surface area contributed by atoms with Crippen molar-refractivity contribution < 1.29 is 14.3 Å². The van der Waals surface area contributed by atoms with Gasteiger partial charge in [-0.3, -0.25) is 19.6 Å². The molecule has 0 aliphatic rings. The molecule has 1 aromatic heterocycles. The first-order chi connectivity index (χ1) is 17.9. The van der Waals surface area contributed by atoms with Gasteiger partial charge in [-0.15, -0.1) is 0 Å². The van der Waals surface area contributed by atoms with Crippen LogP contribution in [0.3, 0.4) is 0 Å². The highest BCUT2D eigenvalue weighted by Crippen LogP contribution is 2.27. The van der Waals surface area contributed by atoms with Crippen molar-refractivity contribution in [3.05, 3.63) is 119 Å². The van der Waals surface area contributed by atoms with Crippen LogP contribution in [0.1, 0.15) is 32.9 Å². The smallest absolute Gasteiger partial charge is 0.248 e. The molecule has 5 N–H and O–H groups in total. The number of amides is 2. The minimum atomic E-state index is -0.497. The monoisotopic (exact) mass is 491 g/mol. The van der Waals surface area contributed by atoms with E-state index < -0.39 is 5.91 Å². The van der Waals surface area contributed by atoms with Gasteiger partial charge in [-0.25, -0.2) is 0 Å². The summed E-state index contributed by atoms with van der Waals surface area (Å²) in [6.45, 7) is 0. The molecule has 0 fully saturated rings. The van der Waals surface area contributed by atoms with E-state index in [9.17, 15) is 9.59 Å². The van der Waals surface area contributed by atoms with Gasteiger partial charge in [0.15, 0.2) is 0 Å². The Morgan fingerprint density at radius 1 is 0.865 bits per heavy atom. The average molecular weight is 492 g/mol. The van der Waals surface area contributed by atoms with E-state index in [2.05, 4.69) is 15.3 Å². The molecule has 2 amide bonds. The maximum atomic E-state index is 12.4. The van der Waals surface area contributed by atoms with Gasteiger partial charge in [0, 0.05) is 17.7 Å². The number of benzene rings is 3. The molecule has 184 valence electrons. The number of rotatable bonds is 8. The number of carbonyl (C=O) groups excluding carboxylic acids is 2. The Bertz CT molecular complexity index is 1480. The molecule has 4 rings (SSSR count). The molecule has 4 aromatic rings. The topological polar surface area (TPSA) is 133 Å². The summed E-state index contributed by atoms with van der Waals surface area (Å²) in [5, 5.41) is 2.72. The molecule has 3 aromatic carbocycles. The van der Waals surface area contributed by atoms with Crippen LogP contribution in [0, 0.1) is 0 Å². The summed E-state index contributed by atoms with van der Waals surface area (Å²) in [7, 11) is 1.54. The van der Waals surface area contributed by atoms with Gasteiger partial charge >= 0.3 is 0 Å². The second kappa shape index (κ2) is 11.5. The molecular formula is C29H25N5O3. The van der Waals surface area contributed by atoms with Gasteiger partial charge in [-0.2, -0.15) is 0 Å². The Hall–Kier alpha value is -5.24. The maximum Gasteiger partial charge on any atom is 0.248 e. The van der Waals surface area contributed by atoms with E-state index >= 15 is 0 Å². The van der Waals surface area contributed by atoms with Crippen LogP contribution in [0.15, 0.2) is 91.3 Å². The van der Waals surface area contributed by atoms with Gasteiger partial charge in [-0.05, 0) is 53.1 Å². The lowest BCUT2D eigenvalue weighted by atomic mass is 9.95. The molecule has 0 radical (unpaired) electrons. The van der Waals surface area contributed by atoms with Crippen molar-refractivity contribution in [3.63, 3.8) is 0 Å². The van der Waals surface area contributed by atoms with Crippen LogP contribution >= 0.6 is 0 Å². The lowest BCUT2D eigenvalue weighted by Crippen LogP contribution is -2.10. The Morgan fingerprint density at radius 2 is 1.57 bits per heavy atom. The SMILES string of the molecule is COc1ccc(N)c(NC(=O)/C=C/c2cnc(/C=C(\c3ccccc3)c3cccc(C(N)=O)c3)cn2)c1. The van der Waals surface area contributed by atoms with Gasteiger partial charge in [-0.1, -0.05) is 42.5 Å². The molecule has 8 heteroatoms. The Kier molecular flexibility index (Phi) is 7.70. The summed E-state index contributed by atoms with van der Waals surface area (Å²) in [5.74, 6) is -0.283. The Balaban J connectivity index is 1.55.